The molecule has 0 aliphatic rings. The second kappa shape index (κ2) is 9.73. The van der Waals surface area contributed by atoms with Gasteiger partial charge in [-0.15, -0.1) is 0 Å². The highest BCUT2D eigenvalue weighted by atomic mass is 16.5. The number of hydrogen-bond acceptors (Lipinski definition) is 7. The van der Waals surface area contributed by atoms with Crippen LogP contribution < -0.4 is 14.5 Å². The van der Waals surface area contributed by atoms with Gasteiger partial charge in [0, 0.05) is 14.1 Å². The fraction of sp³-hybridized carbons (Fsp3) is 0.182. The zero-order valence-corrected chi connectivity index (χ0v) is 18.1. The van der Waals surface area contributed by atoms with Gasteiger partial charge in [0.25, 0.3) is 0 Å². The third-order valence-corrected chi connectivity index (χ3v) is 4.95. The standard InChI is InChI=1S/C22H22N8O3/c1-27(21(31)11-29-15-23-13-25-29)17-7-3-5-9-19(17)33-20-10-6-4-8-18(20)28(2)22(32)12-30-16-24-14-26-30/h3-10,13-16H,11-12H2,1-2H3. The number of anilines is 2. The van der Waals surface area contributed by atoms with Crippen molar-refractivity contribution in [2.45, 2.75) is 13.1 Å². The molecule has 4 rings (SSSR count). The molecule has 2 aromatic carbocycles. The molecule has 0 aliphatic heterocycles. The summed E-state index contributed by atoms with van der Waals surface area (Å²) in [6, 6.07) is 14.4. The molecule has 0 unspecified atom stereocenters. The van der Waals surface area contributed by atoms with Gasteiger partial charge in [0.05, 0.1) is 11.4 Å². The molecule has 0 bridgehead atoms. The number of likely N-dealkylation sites (N-methyl/N-ethyl adjacent to an activating group) is 2. The lowest BCUT2D eigenvalue weighted by Crippen LogP contribution is -2.31. The summed E-state index contributed by atoms with van der Waals surface area (Å²) in [5, 5.41) is 7.95. The molecule has 0 aliphatic carbocycles. The van der Waals surface area contributed by atoms with Crippen LogP contribution in [0.1, 0.15) is 0 Å². The van der Waals surface area contributed by atoms with Crippen LogP contribution in [-0.2, 0) is 22.7 Å². The number of carbonyl (C=O) groups is 2. The van der Waals surface area contributed by atoms with Crippen molar-refractivity contribution in [2.75, 3.05) is 23.9 Å². The molecule has 2 heterocycles. The number of rotatable bonds is 8. The predicted molar refractivity (Wildman–Crippen MR) is 120 cm³/mol. The number of nitrogens with zero attached hydrogens (tertiary/aromatic N) is 8. The SMILES string of the molecule is CN(C(=O)Cn1cncn1)c1ccccc1Oc1ccccc1N(C)C(=O)Cn1cncn1. The first-order chi connectivity index (χ1) is 16.0. The largest absolute Gasteiger partial charge is 0.453 e. The Labute approximate surface area is 189 Å². The molecule has 4 aromatic rings. The quantitative estimate of drug-likeness (QED) is 0.407. The van der Waals surface area contributed by atoms with E-state index in [1.165, 1.54) is 44.5 Å². The molecular weight excluding hydrogens is 424 g/mol. The molecule has 2 aromatic heterocycles. The Morgan fingerprint density at radius 1 is 0.758 bits per heavy atom. The van der Waals surface area contributed by atoms with Crippen LogP contribution in [0.5, 0.6) is 11.5 Å². The van der Waals surface area contributed by atoms with Gasteiger partial charge in [0.15, 0.2) is 11.5 Å². The van der Waals surface area contributed by atoms with Crippen molar-refractivity contribution in [3.8, 4) is 11.5 Å². The molecule has 2 amide bonds. The summed E-state index contributed by atoms with van der Waals surface area (Å²) in [6.07, 6.45) is 5.72. The van der Waals surface area contributed by atoms with Crippen molar-refractivity contribution in [3.63, 3.8) is 0 Å². The van der Waals surface area contributed by atoms with Gasteiger partial charge < -0.3 is 14.5 Å². The summed E-state index contributed by atoms with van der Waals surface area (Å²) in [6.45, 7) is 0.0852. The van der Waals surface area contributed by atoms with E-state index in [0.29, 0.717) is 22.9 Å². The molecule has 11 heteroatoms. The second-order valence-electron chi connectivity index (χ2n) is 7.13. The van der Waals surface area contributed by atoms with Crippen molar-refractivity contribution in [1.29, 1.82) is 0 Å². The Balaban J connectivity index is 1.55. The Morgan fingerprint density at radius 2 is 1.18 bits per heavy atom. The van der Waals surface area contributed by atoms with Crippen LogP contribution in [-0.4, -0.2) is 55.4 Å². The van der Waals surface area contributed by atoms with Gasteiger partial charge in [-0.2, -0.15) is 10.2 Å². The normalized spacial score (nSPS) is 10.6. The van der Waals surface area contributed by atoms with E-state index in [4.69, 9.17) is 4.74 Å². The molecule has 168 valence electrons. The summed E-state index contributed by atoms with van der Waals surface area (Å²) < 4.78 is 9.10. The minimum Gasteiger partial charge on any atom is -0.453 e. The van der Waals surface area contributed by atoms with Crippen molar-refractivity contribution < 1.29 is 14.3 Å². The summed E-state index contributed by atoms with van der Waals surface area (Å²) in [5.74, 6) is 0.558. The molecule has 11 nitrogen and oxygen atoms in total. The minimum atomic E-state index is -0.190. The van der Waals surface area contributed by atoms with E-state index < -0.39 is 0 Å². The first-order valence-corrected chi connectivity index (χ1v) is 10.1. The van der Waals surface area contributed by atoms with E-state index in [0.717, 1.165) is 0 Å². The lowest BCUT2D eigenvalue weighted by atomic mass is 10.2. The Bertz CT molecular complexity index is 1130. The monoisotopic (exact) mass is 446 g/mol. The average molecular weight is 446 g/mol. The van der Waals surface area contributed by atoms with E-state index >= 15 is 0 Å². The van der Waals surface area contributed by atoms with Crippen LogP contribution in [0.25, 0.3) is 0 Å². The maximum absolute atomic E-state index is 12.7. The number of ether oxygens (including phenoxy) is 1. The fourth-order valence-electron chi connectivity index (χ4n) is 3.15. The molecule has 0 N–H and O–H groups in total. The maximum Gasteiger partial charge on any atom is 0.248 e. The number of hydrogen-bond donors (Lipinski definition) is 0. The highest BCUT2D eigenvalue weighted by molar-refractivity contribution is 5.95. The topological polar surface area (TPSA) is 111 Å². The molecular formula is C22H22N8O3. The van der Waals surface area contributed by atoms with E-state index in [9.17, 15) is 9.59 Å². The van der Waals surface area contributed by atoms with Crippen molar-refractivity contribution in [3.05, 3.63) is 73.8 Å². The second-order valence-corrected chi connectivity index (χ2v) is 7.13. The van der Waals surface area contributed by atoms with Crippen LogP contribution in [0.15, 0.2) is 73.8 Å². The van der Waals surface area contributed by atoms with Crippen molar-refractivity contribution >= 4 is 23.2 Å². The van der Waals surface area contributed by atoms with Crippen LogP contribution >= 0.6 is 0 Å². The number of para-hydroxylation sites is 4. The molecule has 0 saturated carbocycles. The number of benzene rings is 2. The minimum absolute atomic E-state index is 0.0426. The predicted octanol–water partition coefficient (Wildman–Crippen LogP) is 1.99. The third-order valence-electron chi connectivity index (χ3n) is 4.95. The van der Waals surface area contributed by atoms with E-state index in [1.54, 1.807) is 38.4 Å². The lowest BCUT2D eigenvalue weighted by molar-refractivity contribution is -0.119. The molecule has 0 fully saturated rings. The molecule has 33 heavy (non-hydrogen) atoms. The molecule has 0 spiro atoms. The van der Waals surface area contributed by atoms with E-state index in [1.807, 2.05) is 24.3 Å². The van der Waals surface area contributed by atoms with Gasteiger partial charge in [-0.3, -0.25) is 9.59 Å². The van der Waals surface area contributed by atoms with Gasteiger partial charge in [-0.25, -0.2) is 19.3 Å². The molecule has 0 atom stereocenters. The number of carbonyl (C=O) groups excluding carboxylic acids is 2. The van der Waals surface area contributed by atoms with Gasteiger partial charge in [0.2, 0.25) is 11.8 Å². The van der Waals surface area contributed by atoms with E-state index in [2.05, 4.69) is 20.2 Å². The van der Waals surface area contributed by atoms with Gasteiger partial charge >= 0.3 is 0 Å². The summed E-state index contributed by atoms with van der Waals surface area (Å²) >= 11 is 0. The van der Waals surface area contributed by atoms with Crippen molar-refractivity contribution in [2.24, 2.45) is 0 Å². The maximum atomic E-state index is 12.7. The summed E-state index contributed by atoms with van der Waals surface area (Å²) in [4.78, 5) is 36.2. The van der Waals surface area contributed by atoms with Crippen LogP contribution in [0.2, 0.25) is 0 Å². The Hall–Kier alpha value is -4.54. The number of amides is 2. The highest BCUT2D eigenvalue weighted by Crippen LogP contribution is 2.36. The lowest BCUT2D eigenvalue weighted by Gasteiger charge is -2.23. The van der Waals surface area contributed by atoms with Crippen molar-refractivity contribution in [1.82, 2.24) is 29.5 Å². The Kier molecular flexibility index (Phi) is 6.39. The first kappa shape index (κ1) is 21.7. The first-order valence-electron chi connectivity index (χ1n) is 10.1. The number of aromatic nitrogens is 6. The Morgan fingerprint density at radius 3 is 1.58 bits per heavy atom. The fourth-order valence-corrected chi connectivity index (χ4v) is 3.15. The third kappa shape index (κ3) is 5.03. The van der Waals surface area contributed by atoms with Crippen LogP contribution in [0, 0.1) is 0 Å². The highest BCUT2D eigenvalue weighted by Gasteiger charge is 2.20. The zero-order chi connectivity index (χ0) is 23.2. The van der Waals surface area contributed by atoms with Gasteiger partial charge in [-0.05, 0) is 24.3 Å². The van der Waals surface area contributed by atoms with Gasteiger partial charge in [-0.1, -0.05) is 24.3 Å². The average Bonchev–Trinajstić information content (AvgIpc) is 3.53. The van der Waals surface area contributed by atoms with Crippen LogP contribution in [0.3, 0.4) is 0 Å². The summed E-state index contributed by atoms with van der Waals surface area (Å²) in [7, 11) is 3.34. The smallest absolute Gasteiger partial charge is 0.248 e. The van der Waals surface area contributed by atoms with E-state index in [-0.39, 0.29) is 24.9 Å². The van der Waals surface area contributed by atoms with Crippen LogP contribution in [0.4, 0.5) is 11.4 Å². The summed E-state index contributed by atoms with van der Waals surface area (Å²) in [5.41, 5.74) is 1.16. The zero-order valence-electron chi connectivity index (χ0n) is 18.1. The van der Waals surface area contributed by atoms with Gasteiger partial charge in [0.1, 0.15) is 38.4 Å². The molecule has 0 saturated heterocycles. The molecule has 0 radical (unpaired) electrons.